The van der Waals surface area contributed by atoms with Crippen LogP contribution in [0.15, 0.2) is 42.5 Å². The van der Waals surface area contributed by atoms with Gasteiger partial charge in [0.05, 0.1) is 11.4 Å². The third kappa shape index (κ3) is 7.00. The minimum Gasteiger partial charge on any atom is -0.454 e. The molecule has 9 nitrogen and oxygen atoms in total. The fraction of sp³-hybridized carbons (Fsp3) is 0.500. The van der Waals surface area contributed by atoms with Gasteiger partial charge in [-0.2, -0.15) is 0 Å². The summed E-state index contributed by atoms with van der Waals surface area (Å²) in [6.45, 7) is 2.86. The van der Waals surface area contributed by atoms with Crippen molar-refractivity contribution in [2.75, 3.05) is 23.4 Å². The summed E-state index contributed by atoms with van der Waals surface area (Å²) in [5.74, 6) is -0.583. The zero-order valence-corrected chi connectivity index (χ0v) is 23.2. The van der Waals surface area contributed by atoms with Crippen LogP contribution in [0.4, 0.5) is 10.1 Å². The summed E-state index contributed by atoms with van der Waals surface area (Å²) in [5, 5.41) is 3.10. The quantitative estimate of drug-likeness (QED) is 0.445. The van der Waals surface area contributed by atoms with Crippen molar-refractivity contribution in [3.05, 3.63) is 53.8 Å². The molecular weight excluding hydrogens is 525 g/mol. The van der Waals surface area contributed by atoms with Gasteiger partial charge in [-0.15, -0.1) is 0 Å². The third-order valence-corrected chi connectivity index (χ3v) is 8.97. The van der Waals surface area contributed by atoms with E-state index in [0.29, 0.717) is 23.5 Å². The largest absolute Gasteiger partial charge is 0.454 e. The number of carbonyl (C=O) groups excluding carboxylic acids is 2. The normalized spacial score (nSPS) is 16.0. The van der Waals surface area contributed by atoms with E-state index in [1.807, 2.05) is 6.92 Å². The van der Waals surface area contributed by atoms with Gasteiger partial charge in [-0.3, -0.25) is 13.9 Å². The van der Waals surface area contributed by atoms with E-state index < -0.39 is 34.3 Å². The lowest BCUT2D eigenvalue weighted by atomic mass is 9.95. The molecule has 1 aliphatic carbocycles. The first kappa shape index (κ1) is 28.7. The number of benzene rings is 2. The molecule has 2 aliphatic rings. The van der Waals surface area contributed by atoms with Gasteiger partial charge in [-0.05, 0) is 56.0 Å². The van der Waals surface area contributed by atoms with E-state index in [9.17, 15) is 22.4 Å². The average Bonchev–Trinajstić information content (AvgIpc) is 3.41. The van der Waals surface area contributed by atoms with Crippen LogP contribution in [0.3, 0.4) is 0 Å². The topological polar surface area (TPSA) is 105 Å². The van der Waals surface area contributed by atoms with Crippen molar-refractivity contribution >= 4 is 27.5 Å². The van der Waals surface area contributed by atoms with E-state index in [1.54, 1.807) is 24.3 Å². The Morgan fingerprint density at radius 1 is 1.03 bits per heavy atom. The molecule has 4 rings (SSSR count). The number of nitrogens with one attached hydrogen (secondary N) is 1. The van der Waals surface area contributed by atoms with Crippen LogP contribution < -0.4 is 19.1 Å². The number of hydrogen-bond acceptors (Lipinski definition) is 6. The van der Waals surface area contributed by atoms with Crippen LogP contribution in [-0.4, -0.2) is 56.3 Å². The third-order valence-electron chi connectivity index (χ3n) is 7.23. The number of anilines is 1. The Kier molecular flexibility index (Phi) is 9.32. The Hall–Kier alpha value is -3.34. The van der Waals surface area contributed by atoms with Crippen LogP contribution in [0.2, 0.25) is 0 Å². The molecule has 2 amide bonds. The summed E-state index contributed by atoms with van der Waals surface area (Å²) in [6.07, 6.45) is 5.33. The van der Waals surface area contributed by atoms with Crippen LogP contribution in [-0.2, 0) is 26.2 Å². The van der Waals surface area contributed by atoms with E-state index >= 15 is 0 Å². The standard InChI is InChI=1S/C28H36FN3O6S/c1-3-24(28(34)30-22-8-6-5-7-9-22)31(17-20-10-12-21(29)13-11-20)27(33)18-32(39(35,36)4-2)23-14-15-25-26(16-23)38-19-37-25/h10-16,22,24H,3-9,17-19H2,1-2H3,(H,30,34)/t24-/m1/s1. The van der Waals surface area contributed by atoms with E-state index in [0.717, 1.165) is 36.4 Å². The molecule has 1 heterocycles. The van der Waals surface area contributed by atoms with Gasteiger partial charge in [0.1, 0.15) is 18.4 Å². The van der Waals surface area contributed by atoms with Crippen molar-refractivity contribution in [1.82, 2.24) is 10.2 Å². The zero-order valence-electron chi connectivity index (χ0n) is 22.4. The first-order valence-electron chi connectivity index (χ1n) is 13.5. The Balaban J connectivity index is 1.63. The van der Waals surface area contributed by atoms with Gasteiger partial charge in [-0.1, -0.05) is 38.3 Å². The lowest BCUT2D eigenvalue weighted by Gasteiger charge is -2.34. The number of rotatable bonds is 11. The molecule has 1 fully saturated rings. The highest BCUT2D eigenvalue weighted by Gasteiger charge is 2.34. The second-order valence-electron chi connectivity index (χ2n) is 9.86. The van der Waals surface area contributed by atoms with Gasteiger partial charge in [0.15, 0.2) is 11.5 Å². The number of carbonyl (C=O) groups is 2. The Bertz CT molecular complexity index is 1260. The molecule has 11 heteroatoms. The SMILES string of the molecule is CC[C@H](C(=O)NC1CCCCC1)N(Cc1ccc(F)cc1)C(=O)CN(c1ccc2c(c1)OCO2)S(=O)(=O)CC. The molecule has 1 aliphatic heterocycles. The summed E-state index contributed by atoms with van der Waals surface area (Å²) in [6, 6.07) is 9.61. The molecule has 0 aromatic heterocycles. The zero-order chi connectivity index (χ0) is 28.0. The molecule has 1 atom stereocenters. The fourth-order valence-electron chi connectivity index (χ4n) is 5.01. The number of sulfonamides is 1. The van der Waals surface area contributed by atoms with Crippen LogP contribution in [0.5, 0.6) is 11.5 Å². The summed E-state index contributed by atoms with van der Waals surface area (Å²) in [7, 11) is -3.87. The van der Waals surface area contributed by atoms with Crippen molar-refractivity contribution in [2.45, 2.75) is 71.0 Å². The maximum Gasteiger partial charge on any atom is 0.244 e. The van der Waals surface area contributed by atoms with Gasteiger partial charge in [-0.25, -0.2) is 12.8 Å². The van der Waals surface area contributed by atoms with Crippen molar-refractivity contribution in [3.8, 4) is 11.5 Å². The van der Waals surface area contributed by atoms with Gasteiger partial charge < -0.3 is 19.7 Å². The molecule has 0 radical (unpaired) electrons. The Morgan fingerprint density at radius 2 is 1.72 bits per heavy atom. The maximum atomic E-state index is 13.9. The minimum atomic E-state index is -3.87. The van der Waals surface area contributed by atoms with E-state index in [4.69, 9.17) is 9.47 Å². The number of ether oxygens (including phenoxy) is 2. The molecule has 212 valence electrons. The van der Waals surface area contributed by atoms with Crippen LogP contribution in [0.1, 0.15) is 57.9 Å². The van der Waals surface area contributed by atoms with E-state index in [-0.39, 0.29) is 36.7 Å². The summed E-state index contributed by atoms with van der Waals surface area (Å²) in [4.78, 5) is 28.7. The molecule has 1 N–H and O–H groups in total. The van der Waals surface area contributed by atoms with Crippen molar-refractivity contribution in [3.63, 3.8) is 0 Å². The molecule has 0 unspecified atom stereocenters. The highest BCUT2D eigenvalue weighted by molar-refractivity contribution is 7.92. The number of nitrogens with zero attached hydrogens (tertiary/aromatic N) is 2. The number of fused-ring (bicyclic) bond motifs is 1. The van der Waals surface area contributed by atoms with Crippen LogP contribution >= 0.6 is 0 Å². The lowest BCUT2D eigenvalue weighted by molar-refractivity contribution is -0.140. The highest BCUT2D eigenvalue weighted by atomic mass is 32.2. The van der Waals surface area contributed by atoms with E-state index in [2.05, 4.69) is 5.32 Å². The first-order valence-corrected chi connectivity index (χ1v) is 15.1. The summed E-state index contributed by atoms with van der Waals surface area (Å²) < 4.78 is 51.7. The highest BCUT2D eigenvalue weighted by Crippen LogP contribution is 2.36. The number of halogens is 1. The molecular formula is C28H36FN3O6S. The van der Waals surface area contributed by atoms with Crippen molar-refractivity contribution < 1.29 is 31.9 Å². The minimum absolute atomic E-state index is 0.0247. The van der Waals surface area contributed by atoms with Gasteiger partial charge in [0.25, 0.3) is 0 Å². The number of amides is 2. The smallest absolute Gasteiger partial charge is 0.244 e. The molecule has 0 bridgehead atoms. The van der Waals surface area contributed by atoms with Crippen molar-refractivity contribution in [2.24, 2.45) is 0 Å². The summed E-state index contributed by atoms with van der Waals surface area (Å²) >= 11 is 0. The molecule has 2 aromatic rings. The molecule has 0 spiro atoms. The van der Waals surface area contributed by atoms with E-state index in [1.165, 1.54) is 30.0 Å². The molecule has 2 aromatic carbocycles. The van der Waals surface area contributed by atoms with Crippen molar-refractivity contribution in [1.29, 1.82) is 0 Å². The Morgan fingerprint density at radius 3 is 2.38 bits per heavy atom. The molecule has 0 saturated heterocycles. The van der Waals surface area contributed by atoms with Gasteiger partial charge in [0, 0.05) is 18.7 Å². The monoisotopic (exact) mass is 561 g/mol. The predicted octanol–water partition coefficient (Wildman–Crippen LogP) is 3.97. The Labute approximate surface area is 229 Å². The first-order chi connectivity index (χ1) is 18.7. The van der Waals surface area contributed by atoms with Gasteiger partial charge >= 0.3 is 0 Å². The van der Waals surface area contributed by atoms with Crippen LogP contribution in [0.25, 0.3) is 0 Å². The second-order valence-corrected chi connectivity index (χ2v) is 12.0. The second kappa shape index (κ2) is 12.7. The molecule has 1 saturated carbocycles. The average molecular weight is 562 g/mol. The predicted molar refractivity (Wildman–Crippen MR) is 145 cm³/mol. The van der Waals surface area contributed by atoms with Gasteiger partial charge in [0.2, 0.25) is 28.6 Å². The number of hydrogen-bond donors (Lipinski definition) is 1. The maximum absolute atomic E-state index is 13.9. The summed E-state index contributed by atoms with van der Waals surface area (Å²) in [5.41, 5.74) is 0.887. The lowest BCUT2D eigenvalue weighted by Crippen LogP contribution is -2.54. The fourth-order valence-corrected chi connectivity index (χ4v) is 6.06. The van der Waals surface area contributed by atoms with Crippen LogP contribution in [0, 0.1) is 5.82 Å². The molecule has 39 heavy (non-hydrogen) atoms.